The Hall–Kier alpha value is -1.82. The lowest BCUT2D eigenvalue weighted by Crippen LogP contribution is -2.16. The van der Waals surface area contributed by atoms with Gasteiger partial charge < -0.3 is 9.84 Å². The van der Waals surface area contributed by atoms with Crippen LogP contribution in [0, 0.1) is 0 Å². The molecule has 0 saturated heterocycles. The van der Waals surface area contributed by atoms with Crippen LogP contribution in [0.15, 0.2) is 35.1 Å². The van der Waals surface area contributed by atoms with Gasteiger partial charge in [-0.05, 0) is 11.6 Å². The maximum Gasteiger partial charge on any atom is 0.263 e. The Bertz CT molecular complexity index is 474. The van der Waals surface area contributed by atoms with Crippen molar-refractivity contribution in [1.29, 1.82) is 0 Å². The molecule has 1 aromatic carbocycles. The maximum absolute atomic E-state index is 12.5. The molecular weight excluding hydrogens is 240 g/mol. The summed E-state index contributed by atoms with van der Waals surface area (Å²) in [6.07, 6.45) is -0.459. The third-order valence-electron chi connectivity index (χ3n) is 2.45. The fourth-order valence-electron chi connectivity index (χ4n) is 1.57. The van der Waals surface area contributed by atoms with E-state index < -0.39 is 6.43 Å². The number of nitrogens with one attached hydrogen (secondary N) is 1. The Balaban J connectivity index is 1.78. The highest BCUT2D eigenvalue weighted by atomic mass is 19.3. The monoisotopic (exact) mass is 253 g/mol. The van der Waals surface area contributed by atoms with Crippen LogP contribution in [0.1, 0.15) is 23.4 Å². The zero-order valence-electron chi connectivity index (χ0n) is 9.64. The van der Waals surface area contributed by atoms with Crippen molar-refractivity contribution in [3.63, 3.8) is 0 Å². The van der Waals surface area contributed by atoms with E-state index in [4.69, 9.17) is 4.52 Å². The molecule has 0 unspecified atom stereocenters. The molecule has 0 fully saturated rings. The van der Waals surface area contributed by atoms with Crippen molar-refractivity contribution in [2.24, 2.45) is 0 Å². The van der Waals surface area contributed by atoms with Crippen LogP contribution < -0.4 is 5.32 Å². The quantitative estimate of drug-likeness (QED) is 0.803. The van der Waals surface area contributed by atoms with Gasteiger partial charge in [-0.2, -0.15) is 4.98 Å². The Labute approximate surface area is 103 Å². The average molecular weight is 253 g/mol. The highest BCUT2D eigenvalue weighted by Crippen LogP contribution is 2.19. The first-order valence-corrected chi connectivity index (χ1v) is 5.59. The molecule has 0 saturated carbocycles. The third kappa shape index (κ3) is 3.59. The zero-order chi connectivity index (χ0) is 12.8. The van der Waals surface area contributed by atoms with E-state index in [-0.39, 0.29) is 5.56 Å². The molecule has 6 heteroatoms. The van der Waals surface area contributed by atoms with Gasteiger partial charge in [0.1, 0.15) is 0 Å². The summed E-state index contributed by atoms with van der Waals surface area (Å²) in [4.78, 5) is 3.88. The zero-order valence-corrected chi connectivity index (χ0v) is 9.64. The van der Waals surface area contributed by atoms with Gasteiger partial charge in [0.15, 0.2) is 6.33 Å². The Morgan fingerprint density at radius 2 is 2.22 bits per heavy atom. The molecule has 1 heterocycles. The number of halogens is 2. The number of nitrogens with zero attached hydrogens (tertiary/aromatic N) is 2. The second-order valence-electron chi connectivity index (χ2n) is 3.81. The van der Waals surface area contributed by atoms with Crippen molar-refractivity contribution in [2.75, 3.05) is 6.54 Å². The van der Waals surface area contributed by atoms with Crippen LogP contribution in [0.25, 0.3) is 0 Å². The molecule has 1 N–H and O–H groups in total. The number of aromatic nitrogens is 2. The molecular formula is C12H13F2N3O. The Kier molecular flexibility index (Phi) is 4.35. The van der Waals surface area contributed by atoms with E-state index >= 15 is 0 Å². The standard InChI is InChI=1S/C12H13F2N3O/c13-12(14)10-3-1-2-9(6-10)7-15-5-4-11-16-8-17-18-11/h1-3,6,8,12,15H,4-5,7H2. The smallest absolute Gasteiger partial charge is 0.263 e. The van der Waals surface area contributed by atoms with Crippen molar-refractivity contribution >= 4 is 0 Å². The molecule has 0 aliphatic rings. The van der Waals surface area contributed by atoms with Crippen molar-refractivity contribution in [1.82, 2.24) is 15.5 Å². The first-order valence-electron chi connectivity index (χ1n) is 5.59. The molecule has 2 aromatic rings. The topological polar surface area (TPSA) is 51.0 Å². The number of rotatable bonds is 6. The molecule has 0 aliphatic heterocycles. The van der Waals surface area contributed by atoms with Crippen LogP contribution in [0.4, 0.5) is 8.78 Å². The second-order valence-corrected chi connectivity index (χ2v) is 3.81. The lowest BCUT2D eigenvalue weighted by atomic mass is 10.1. The van der Waals surface area contributed by atoms with Gasteiger partial charge in [-0.1, -0.05) is 23.4 Å². The molecule has 96 valence electrons. The minimum absolute atomic E-state index is 0.0474. The molecule has 0 aliphatic carbocycles. The molecule has 0 spiro atoms. The maximum atomic E-state index is 12.5. The van der Waals surface area contributed by atoms with Crippen LogP contribution in [0.5, 0.6) is 0 Å². The fraction of sp³-hybridized carbons (Fsp3) is 0.333. The lowest BCUT2D eigenvalue weighted by Gasteiger charge is -2.05. The Morgan fingerprint density at radius 1 is 1.33 bits per heavy atom. The lowest BCUT2D eigenvalue weighted by molar-refractivity contribution is 0.151. The SMILES string of the molecule is FC(F)c1cccc(CNCCc2ncno2)c1. The van der Waals surface area contributed by atoms with E-state index in [1.807, 2.05) is 6.07 Å². The third-order valence-corrected chi connectivity index (χ3v) is 2.45. The first-order chi connectivity index (χ1) is 8.75. The van der Waals surface area contributed by atoms with Gasteiger partial charge in [0.2, 0.25) is 5.89 Å². The van der Waals surface area contributed by atoms with E-state index in [2.05, 4.69) is 15.5 Å². The number of hydrogen-bond donors (Lipinski definition) is 1. The van der Waals surface area contributed by atoms with Crippen molar-refractivity contribution in [3.8, 4) is 0 Å². The summed E-state index contributed by atoms with van der Waals surface area (Å²) >= 11 is 0. The van der Waals surface area contributed by atoms with E-state index in [9.17, 15) is 8.78 Å². The minimum atomic E-state index is -2.43. The van der Waals surface area contributed by atoms with E-state index in [0.29, 0.717) is 25.4 Å². The number of benzene rings is 1. The van der Waals surface area contributed by atoms with E-state index in [0.717, 1.165) is 5.56 Å². The predicted molar refractivity (Wildman–Crippen MR) is 61.1 cm³/mol. The van der Waals surface area contributed by atoms with Crippen molar-refractivity contribution in [2.45, 2.75) is 19.4 Å². The first kappa shape index (κ1) is 12.6. The summed E-state index contributed by atoms with van der Waals surface area (Å²) in [6.45, 7) is 1.19. The molecule has 4 nitrogen and oxygen atoms in total. The summed E-state index contributed by atoms with van der Waals surface area (Å²) in [5.74, 6) is 0.559. The van der Waals surface area contributed by atoms with Crippen molar-refractivity contribution in [3.05, 3.63) is 47.6 Å². The summed E-state index contributed by atoms with van der Waals surface area (Å²) in [7, 11) is 0. The molecule has 0 bridgehead atoms. The Morgan fingerprint density at radius 3 is 2.94 bits per heavy atom. The number of alkyl halides is 2. The molecule has 0 atom stereocenters. The van der Waals surface area contributed by atoms with Gasteiger partial charge >= 0.3 is 0 Å². The van der Waals surface area contributed by atoms with Gasteiger partial charge in [0.05, 0.1) is 0 Å². The van der Waals surface area contributed by atoms with Gasteiger partial charge in [-0.25, -0.2) is 8.78 Å². The molecule has 2 rings (SSSR count). The number of hydrogen-bond acceptors (Lipinski definition) is 4. The van der Waals surface area contributed by atoms with Crippen LogP contribution in [-0.4, -0.2) is 16.7 Å². The van der Waals surface area contributed by atoms with Crippen LogP contribution in [-0.2, 0) is 13.0 Å². The normalized spacial score (nSPS) is 11.1. The second kappa shape index (κ2) is 6.20. The van der Waals surface area contributed by atoms with Crippen LogP contribution >= 0.6 is 0 Å². The minimum Gasteiger partial charge on any atom is -0.340 e. The summed E-state index contributed by atoms with van der Waals surface area (Å²) in [6, 6.07) is 6.37. The van der Waals surface area contributed by atoms with Gasteiger partial charge in [-0.3, -0.25) is 0 Å². The van der Waals surface area contributed by atoms with Crippen LogP contribution in [0.2, 0.25) is 0 Å². The molecule has 0 radical (unpaired) electrons. The highest BCUT2D eigenvalue weighted by molar-refractivity contribution is 5.24. The van der Waals surface area contributed by atoms with E-state index in [1.165, 1.54) is 18.5 Å². The summed E-state index contributed by atoms with van der Waals surface area (Å²) in [5, 5.41) is 6.63. The van der Waals surface area contributed by atoms with Gasteiger partial charge in [0, 0.05) is 25.1 Å². The van der Waals surface area contributed by atoms with Crippen molar-refractivity contribution < 1.29 is 13.3 Å². The molecule has 1 aromatic heterocycles. The summed E-state index contributed by atoms with van der Waals surface area (Å²) in [5.41, 5.74) is 0.879. The molecule has 18 heavy (non-hydrogen) atoms. The van der Waals surface area contributed by atoms with Gasteiger partial charge in [0.25, 0.3) is 6.43 Å². The van der Waals surface area contributed by atoms with Crippen LogP contribution in [0.3, 0.4) is 0 Å². The van der Waals surface area contributed by atoms with E-state index in [1.54, 1.807) is 6.07 Å². The largest absolute Gasteiger partial charge is 0.340 e. The van der Waals surface area contributed by atoms with Gasteiger partial charge in [-0.15, -0.1) is 0 Å². The summed E-state index contributed by atoms with van der Waals surface area (Å²) < 4.78 is 29.8. The molecule has 0 amide bonds. The highest BCUT2D eigenvalue weighted by Gasteiger charge is 2.06. The fourth-order valence-corrected chi connectivity index (χ4v) is 1.57. The predicted octanol–water partition coefficient (Wildman–Crippen LogP) is 2.34. The average Bonchev–Trinajstić information content (AvgIpc) is 2.88.